The van der Waals surface area contributed by atoms with Crippen molar-refractivity contribution in [2.45, 2.75) is 13.0 Å². The van der Waals surface area contributed by atoms with E-state index < -0.39 is 5.41 Å². The molecule has 1 aromatic heterocycles. The molecule has 28 heavy (non-hydrogen) atoms. The van der Waals surface area contributed by atoms with Crippen molar-refractivity contribution >= 4 is 33.9 Å². The van der Waals surface area contributed by atoms with Crippen molar-refractivity contribution in [3.8, 4) is 0 Å². The van der Waals surface area contributed by atoms with Gasteiger partial charge in [-0.25, -0.2) is 4.99 Å². The largest absolute Gasteiger partial charge is 0.299 e. The van der Waals surface area contributed by atoms with Gasteiger partial charge in [-0.05, 0) is 43.3 Å². The van der Waals surface area contributed by atoms with Crippen LogP contribution in [0.25, 0.3) is 10.9 Å². The molecule has 5 rings (SSSR count). The number of para-hydroxylation sites is 1. The Hall–Kier alpha value is -3.53. The second-order valence-corrected chi connectivity index (χ2v) is 7.29. The molecule has 2 atom stereocenters. The van der Waals surface area contributed by atoms with E-state index in [0.717, 1.165) is 22.3 Å². The zero-order valence-corrected chi connectivity index (χ0v) is 15.5. The number of hydrogen-bond donors (Lipinski definition) is 0. The topological polar surface area (TPSA) is 45.6 Å². The first kappa shape index (κ1) is 16.6. The van der Waals surface area contributed by atoms with Crippen molar-refractivity contribution in [2.75, 3.05) is 4.90 Å². The number of aliphatic imine (C=N–C) groups is 1. The van der Waals surface area contributed by atoms with Crippen LogP contribution in [0, 0.1) is 5.41 Å². The van der Waals surface area contributed by atoms with E-state index in [1.54, 1.807) is 6.20 Å². The number of amides is 1. The smallest absolute Gasteiger partial charge is 0.274 e. The average molecular weight is 365 g/mol. The molecule has 2 unspecified atom stereocenters. The standard InChI is InChI=1S/C24H19N3O/c1-24-15-6-5-14-21(24)27(17-9-3-2-4-10-17)23(28)22(24)26-20-13-7-12-19-18(20)11-8-16-25-19/h2-16,21H,1H3. The highest BCUT2D eigenvalue weighted by molar-refractivity contribution is 6.49. The minimum Gasteiger partial charge on any atom is -0.299 e. The van der Waals surface area contributed by atoms with Gasteiger partial charge in [0.15, 0.2) is 0 Å². The van der Waals surface area contributed by atoms with E-state index >= 15 is 0 Å². The van der Waals surface area contributed by atoms with Crippen LogP contribution in [-0.4, -0.2) is 22.6 Å². The number of carbonyl (C=O) groups is 1. The molecule has 136 valence electrons. The number of benzene rings is 2. The number of anilines is 1. The lowest BCUT2D eigenvalue weighted by Crippen LogP contribution is -2.38. The second kappa shape index (κ2) is 6.27. The highest BCUT2D eigenvalue weighted by atomic mass is 16.2. The molecule has 2 heterocycles. The molecular weight excluding hydrogens is 346 g/mol. The molecule has 0 saturated carbocycles. The van der Waals surface area contributed by atoms with Gasteiger partial charge >= 0.3 is 0 Å². The van der Waals surface area contributed by atoms with Gasteiger partial charge in [0.05, 0.1) is 22.7 Å². The SMILES string of the molecule is CC12C=CC=CC1N(c1ccccc1)C(=O)C2=Nc1cccc2ncccc12. The maximum absolute atomic E-state index is 13.5. The number of rotatable bonds is 2. The van der Waals surface area contributed by atoms with E-state index in [0.29, 0.717) is 5.71 Å². The lowest BCUT2D eigenvalue weighted by atomic mass is 9.78. The third-order valence-electron chi connectivity index (χ3n) is 5.56. The van der Waals surface area contributed by atoms with Crippen LogP contribution in [0.15, 0.2) is 96.2 Å². The van der Waals surface area contributed by atoms with Crippen LogP contribution < -0.4 is 4.90 Å². The lowest BCUT2D eigenvalue weighted by Gasteiger charge is -2.31. The van der Waals surface area contributed by atoms with Crippen molar-refractivity contribution in [3.63, 3.8) is 0 Å². The molecule has 1 aliphatic heterocycles. The number of hydrogen-bond acceptors (Lipinski definition) is 3. The van der Waals surface area contributed by atoms with Crippen LogP contribution in [0.3, 0.4) is 0 Å². The molecule has 0 N–H and O–H groups in total. The van der Waals surface area contributed by atoms with Crippen LogP contribution in [0.4, 0.5) is 11.4 Å². The fraction of sp³-hybridized carbons (Fsp3) is 0.125. The molecule has 2 aromatic carbocycles. The summed E-state index contributed by atoms with van der Waals surface area (Å²) < 4.78 is 0. The number of pyridine rings is 1. The maximum Gasteiger partial charge on any atom is 0.274 e. The van der Waals surface area contributed by atoms with Gasteiger partial charge in [0.25, 0.3) is 5.91 Å². The van der Waals surface area contributed by atoms with Gasteiger partial charge in [-0.1, -0.05) is 48.6 Å². The Labute approximate surface area is 163 Å². The Kier molecular flexibility index (Phi) is 3.72. The highest BCUT2D eigenvalue weighted by Gasteiger charge is 2.52. The van der Waals surface area contributed by atoms with E-state index in [1.165, 1.54) is 0 Å². The first-order valence-electron chi connectivity index (χ1n) is 9.36. The fourth-order valence-electron chi connectivity index (χ4n) is 4.11. The molecule has 0 spiro atoms. The Balaban J connectivity index is 1.70. The third-order valence-corrected chi connectivity index (χ3v) is 5.56. The van der Waals surface area contributed by atoms with Gasteiger partial charge in [-0.3, -0.25) is 14.7 Å². The molecule has 3 aromatic rings. The molecule has 1 saturated heterocycles. The summed E-state index contributed by atoms with van der Waals surface area (Å²) >= 11 is 0. The molecule has 4 nitrogen and oxygen atoms in total. The number of fused-ring (bicyclic) bond motifs is 2. The van der Waals surface area contributed by atoms with Gasteiger partial charge in [0.1, 0.15) is 5.71 Å². The van der Waals surface area contributed by atoms with Crippen LogP contribution in [-0.2, 0) is 4.79 Å². The van der Waals surface area contributed by atoms with Crippen molar-refractivity contribution in [1.82, 2.24) is 4.98 Å². The van der Waals surface area contributed by atoms with Gasteiger partial charge < -0.3 is 0 Å². The summed E-state index contributed by atoms with van der Waals surface area (Å²) in [6.07, 6.45) is 9.93. The molecule has 2 aliphatic rings. The van der Waals surface area contributed by atoms with Crippen LogP contribution in [0.2, 0.25) is 0 Å². The number of nitrogens with zero attached hydrogens (tertiary/aromatic N) is 3. The van der Waals surface area contributed by atoms with E-state index in [1.807, 2.05) is 77.7 Å². The van der Waals surface area contributed by atoms with Crippen LogP contribution in [0.1, 0.15) is 6.92 Å². The van der Waals surface area contributed by atoms with Crippen molar-refractivity contribution in [1.29, 1.82) is 0 Å². The van der Waals surface area contributed by atoms with Crippen molar-refractivity contribution in [3.05, 3.63) is 91.2 Å². The second-order valence-electron chi connectivity index (χ2n) is 7.29. The van der Waals surface area contributed by atoms with Gasteiger partial charge in [0.2, 0.25) is 0 Å². The predicted octanol–water partition coefficient (Wildman–Crippen LogP) is 4.86. The van der Waals surface area contributed by atoms with Crippen molar-refractivity contribution in [2.24, 2.45) is 10.4 Å². The normalized spacial score (nSPS) is 24.9. The summed E-state index contributed by atoms with van der Waals surface area (Å²) in [5.74, 6) is -0.0595. The molecule has 1 aliphatic carbocycles. The van der Waals surface area contributed by atoms with Gasteiger partial charge in [-0.2, -0.15) is 0 Å². The molecule has 0 radical (unpaired) electrons. The summed E-state index contributed by atoms with van der Waals surface area (Å²) in [6, 6.07) is 19.4. The summed E-state index contributed by atoms with van der Waals surface area (Å²) in [4.78, 5) is 24.7. The Bertz CT molecular complexity index is 1160. The zero-order chi connectivity index (χ0) is 19.1. The summed E-state index contributed by atoms with van der Waals surface area (Å²) in [6.45, 7) is 2.08. The minimum atomic E-state index is -0.494. The number of aromatic nitrogens is 1. The van der Waals surface area contributed by atoms with Gasteiger partial charge in [0, 0.05) is 17.3 Å². The lowest BCUT2D eigenvalue weighted by molar-refractivity contribution is -0.112. The van der Waals surface area contributed by atoms with E-state index in [9.17, 15) is 4.79 Å². The van der Waals surface area contributed by atoms with Crippen LogP contribution >= 0.6 is 0 Å². The quantitative estimate of drug-likeness (QED) is 0.651. The number of carbonyl (C=O) groups excluding carboxylic acids is 1. The monoisotopic (exact) mass is 365 g/mol. The average Bonchev–Trinajstić information content (AvgIpc) is 2.96. The predicted molar refractivity (Wildman–Crippen MR) is 113 cm³/mol. The van der Waals surface area contributed by atoms with Crippen LogP contribution in [0.5, 0.6) is 0 Å². The fourth-order valence-corrected chi connectivity index (χ4v) is 4.11. The van der Waals surface area contributed by atoms with E-state index in [2.05, 4.69) is 24.1 Å². The van der Waals surface area contributed by atoms with Gasteiger partial charge in [-0.15, -0.1) is 0 Å². The number of allylic oxidation sites excluding steroid dienone is 2. The molecule has 0 bridgehead atoms. The van der Waals surface area contributed by atoms with E-state index in [-0.39, 0.29) is 11.9 Å². The Morgan fingerprint density at radius 3 is 2.71 bits per heavy atom. The first-order valence-corrected chi connectivity index (χ1v) is 9.36. The first-order chi connectivity index (χ1) is 13.7. The molecular formula is C24H19N3O. The zero-order valence-electron chi connectivity index (χ0n) is 15.5. The Morgan fingerprint density at radius 1 is 1.00 bits per heavy atom. The molecule has 1 fully saturated rings. The highest BCUT2D eigenvalue weighted by Crippen LogP contribution is 2.43. The maximum atomic E-state index is 13.5. The third kappa shape index (κ3) is 2.42. The Morgan fingerprint density at radius 2 is 1.86 bits per heavy atom. The molecule has 4 heteroatoms. The molecule has 1 amide bonds. The minimum absolute atomic E-state index is 0.0595. The van der Waals surface area contributed by atoms with E-state index in [4.69, 9.17) is 4.99 Å². The summed E-state index contributed by atoms with van der Waals surface area (Å²) in [5, 5.41) is 0.943. The summed E-state index contributed by atoms with van der Waals surface area (Å²) in [5.41, 5.74) is 2.58. The van der Waals surface area contributed by atoms with Crippen molar-refractivity contribution < 1.29 is 4.79 Å². The summed E-state index contributed by atoms with van der Waals surface area (Å²) in [7, 11) is 0.